The Bertz CT molecular complexity index is 1300. The molecule has 0 radical (unpaired) electrons. The quantitative estimate of drug-likeness (QED) is 0.488. The highest BCUT2D eigenvalue weighted by Crippen LogP contribution is 2.25. The van der Waals surface area contributed by atoms with Crippen LogP contribution in [0.5, 0.6) is 0 Å². The minimum atomic E-state index is -0.305. The molecule has 1 unspecified atom stereocenters. The summed E-state index contributed by atoms with van der Waals surface area (Å²) in [4.78, 5) is 27.1. The predicted octanol–water partition coefficient (Wildman–Crippen LogP) is 4.61. The van der Waals surface area contributed by atoms with Crippen LogP contribution in [0.1, 0.15) is 29.6 Å². The number of pyridine rings is 1. The monoisotopic (exact) mass is 444 g/mol. The van der Waals surface area contributed by atoms with Crippen molar-refractivity contribution in [2.75, 3.05) is 19.7 Å². The average molecular weight is 445 g/mol. The summed E-state index contributed by atoms with van der Waals surface area (Å²) in [5, 5.41) is 0. The molecule has 4 aromatic rings. The van der Waals surface area contributed by atoms with Gasteiger partial charge in [0, 0.05) is 18.5 Å². The minimum Gasteiger partial charge on any atom is -0.368 e. The number of aryl methyl sites for hydroxylation is 2. The normalized spacial score (nSPS) is 16.3. The van der Waals surface area contributed by atoms with Crippen molar-refractivity contribution in [2.24, 2.45) is 0 Å². The third kappa shape index (κ3) is 4.78. The number of carbonyl (C=O) groups excluding carboxylic acids is 1. The molecule has 1 aliphatic rings. The third-order valence-electron chi connectivity index (χ3n) is 5.93. The van der Waals surface area contributed by atoms with E-state index in [2.05, 4.69) is 21.0 Å². The second-order valence-corrected chi connectivity index (χ2v) is 8.33. The van der Waals surface area contributed by atoms with Crippen molar-refractivity contribution in [1.29, 1.82) is 0 Å². The molecule has 7 heteroatoms. The second-order valence-electron chi connectivity index (χ2n) is 8.33. The van der Waals surface area contributed by atoms with Gasteiger partial charge in [-0.1, -0.05) is 24.3 Å². The van der Waals surface area contributed by atoms with E-state index in [4.69, 9.17) is 4.74 Å². The molecule has 5 rings (SSSR count). The zero-order valence-electron chi connectivity index (χ0n) is 18.4. The number of amides is 1. The van der Waals surface area contributed by atoms with E-state index < -0.39 is 0 Å². The summed E-state index contributed by atoms with van der Waals surface area (Å²) in [7, 11) is 0. The molecule has 0 aliphatic carbocycles. The summed E-state index contributed by atoms with van der Waals surface area (Å²) < 4.78 is 19.6. The maximum Gasteiger partial charge on any atom is 0.223 e. The van der Waals surface area contributed by atoms with E-state index in [9.17, 15) is 9.18 Å². The number of aromatic nitrogens is 3. The molecular weight excluding hydrogens is 419 g/mol. The number of benzene rings is 2. The molecule has 2 aromatic carbocycles. The van der Waals surface area contributed by atoms with Gasteiger partial charge in [0.05, 0.1) is 35.6 Å². The van der Waals surface area contributed by atoms with Crippen molar-refractivity contribution >= 4 is 16.9 Å². The second kappa shape index (κ2) is 9.11. The summed E-state index contributed by atoms with van der Waals surface area (Å²) in [5.74, 6) is 0.686. The predicted molar refractivity (Wildman–Crippen MR) is 124 cm³/mol. The van der Waals surface area contributed by atoms with E-state index in [0.717, 1.165) is 28.1 Å². The smallest absolute Gasteiger partial charge is 0.223 e. The van der Waals surface area contributed by atoms with Crippen LogP contribution in [0.15, 0.2) is 60.7 Å². The van der Waals surface area contributed by atoms with Crippen LogP contribution >= 0.6 is 0 Å². The number of morpholine rings is 1. The van der Waals surface area contributed by atoms with Crippen LogP contribution in [0.25, 0.3) is 22.3 Å². The van der Waals surface area contributed by atoms with Gasteiger partial charge in [0.1, 0.15) is 17.7 Å². The molecule has 0 saturated carbocycles. The average Bonchev–Trinajstić information content (AvgIpc) is 3.22. The van der Waals surface area contributed by atoms with Gasteiger partial charge in [-0.3, -0.25) is 4.79 Å². The molecule has 1 saturated heterocycles. The Morgan fingerprint density at radius 2 is 2.03 bits per heavy atom. The Morgan fingerprint density at radius 1 is 1.15 bits per heavy atom. The fourth-order valence-corrected chi connectivity index (χ4v) is 4.24. The Hall–Kier alpha value is -3.58. The lowest BCUT2D eigenvalue weighted by molar-refractivity contribution is -0.139. The largest absolute Gasteiger partial charge is 0.368 e. The van der Waals surface area contributed by atoms with Gasteiger partial charge in [0.15, 0.2) is 0 Å². The maximum atomic E-state index is 13.6. The number of aromatic amines is 1. The van der Waals surface area contributed by atoms with E-state index in [1.54, 1.807) is 6.07 Å². The number of carbonyl (C=O) groups is 1. The number of imidazole rings is 1. The van der Waals surface area contributed by atoms with Gasteiger partial charge in [0.2, 0.25) is 5.91 Å². The van der Waals surface area contributed by atoms with E-state index in [1.165, 1.54) is 12.1 Å². The Kier molecular flexibility index (Phi) is 5.88. The molecule has 1 N–H and O–H groups in total. The lowest BCUT2D eigenvalue weighted by Crippen LogP contribution is -2.42. The van der Waals surface area contributed by atoms with E-state index in [0.29, 0.717) is 43.8 Å². The summed E-state index contributed by atoms with van der Waals surface area (Å²) >= 11 is 0. The molecule has 0 spiro atoms. The molecule has 3 heterocycles. The van der Waals surface area contributed by atoms with Crippen LogP contribution in [-0.4, -0.2) is 45.5 Å². The molecule has 1 amide bonds. The Labute approximate surface area is 191 Å². The number of hydrogen-bond acceptors (Lipinski definition) is 4. The number of H-pyrrole nitrogens is 1. The molecule has 6 nitrogen and oxygen atoms in total. The molecular formula is C26H25FN4O2. The molecule has 1 atom stereocenters. The van der Waals surface area contributed by atoms with Crippen molar-refractivity contribution in [3.05, 3.63) is 83.6 Å². The van der Waals surface area contributed by atoms with Crippen molar-refractivity contribution in [3.8, 4) is 11.3 Å². The standard InChI is InChI=1S/C26H25FN4O2/c1-17-28-22-10-8-18(14-24(22)29-17)9-11-26(32)31-12-13-33-25(16-31)23-7-3-6-21(30-23)19-4-2-5-20(27)15-19/h2-8,10,14-15,25H,9,11-13,16H2,1H3,(H,28,29). The fraction of sp³-hybridized carbons (Fsp3) is 0.269. The van der Waals surface area contributed by atoms with Crippen molar-refractivity contribution in [1.82, 2.24) is 19.9 Å². The number of rotatable bonds is 5. The van der Waals surface area contributed by atoms with E-state index in [-0.39, 0.29) is 17.8 Å². The highest BCUT2D eigenvalue weighted by Gasteiger charge is 2.26. The van der Waals surface area contributed by atoms with Gasteiger partial charge < -0.3 is 14.6 Å². The number of halogens is 1. The number of nitrogens with one attached hydrogen (secondary N) is 1. The van der Waals surface area contributed by atoms with Gasteiger partial charge >= 0.3 is 0 Å². The number of fused-ring (bicyclic) bond motifs is 1. The molecule has 168 valence electrons. The third-order valence-corrected chi connectivity index (χ3v) is 5.93. The van der Waals surface area contributed by atoms with Crippen LogP contribution in [-0.2, 0) is 16.0 Å². The summed E-state index contributed by atoms with van der Waals surface area (Å²) in [6, 6.07) is 18.1. The van der Waals surface area contributed by atoms with E-state index in [1.807, 2.05) is 48.2 Å². The first-order valence-corrected chi connectivity index (χ1v) is 11.1. The Balaban J connectivity index is 1.24. The number of ether oxygens (including phenoxy) is 1. The van der Waals surface area contributed by atoms with Gasteiger partial charge in [0.25, 0.3) is 0 Å². The van der Waals surface area contributed by atoms with Crippen LogP contribution in [0.2, 0.25) is 0 Å². The van der Waals surface area contributed by atoms with Crippen LogP contribution in [0.3, 0.4) is 0 Å². The van der Waals surface area contributed by atoms with Crippen molar-refractivity contribution < 1.29 is 13.9 Å². The van der Waals surface area contributed by atoms with Crippen LogP contribution in [0, 0.1) is 12.7 Å². The van der Waals surface area contributed by atoms with Gasteiger partial charge in [-0.15, -0.1) is 0 Å². The minimum absolute atomic E-state index is 0.102. The molecule has 0 bridgehead atoms. The molecule has 1 aliphatic heterocycles. The van der Waals surface area contributed by atoms with Gasteiger partial charge in [-0.05, 0) is 55.3 Å². The zero-order chi connectivity index (χ0) is 22.8. The fourth-order valence-electron chi connectivity index (χ4n) is 4.24. The topological polar surface area (TPSA) is 71.1 Å². The first kappa shape index (κ1) is 21.3. The van der Waals surface area contributed by atoms with Gasteiger partial charge in [-0.25, -0.2) is 14.4 Å². The lowest BCUT2D eigenvalue weighted by Gasteiger charge is -2.33. The maximum absolute atomic E-state index is 13.6. The van der Waals surface area contributed by atoms with Crippen molar-refractivity contribution in [3.63, 3.8) is 0 Å². The highest BCUT2D eigenvalue weighted by molar-refractivity contribution is 5.78. The zero-order valence-corrected chi connectivity index (χ0v) is 18.4. The summed E-state index contributed by atoms with van der Waals surface area (Å²) in [5.41, 5.74) is 5.18. The first-order valence-electron chi connectivity index (χ1n) is 11.1. The van der Waals surface area contributed by atoms with Crippen molar-refractivity contribution in [2.45, 2.75) is 25.9 Å². The lowest BCUT2D eigenvalue weighted by atomic mass is 10.1. The first-order chi connectivity index (χ1) is 16.0. The summed E-state index contributed by atoms with van der Waals surface area (Å²) in [6.07, 6.45) is 0.796. The summed E-state index contributed by atoms with van der Waals surface area (Å²) in [6.45, 7) is 3.41. The van der Waals surface area contributed by atoms with Crippen LogP contribution in [0.4, 0.5) is 4.39 Å². The number of hydrogen-bond donors (Lipinski definition) is 1. The number of nitrogens with zero attached hydrogens (tertiary/aromatic N) is 3. The molecule has 1 fully saturated rings. The van der Waals surface area contributed by atoms with Crippen LogP contribution < -0.4 is 0 Å². The SMILES string of the molecule is Cc1nc2ccc(CCC(=O)N3CCOC(c4cccc(-c5cccc(F)c5)n4)C3)cc2[nH]1. The Morgan fingerprint density at radius 3 is 2.91 bits per heavy atom. The molecule has 33 heavy (non-hydrogen) atoms. The highest BCUT2D eigenvalue weighted by atomic mass is 19.1. The van der Waals surface area contributed by atoms with Gasteiger partial charge in [-0.2, -0.15) is 0 Å². The van der Waals surface area contributed by atoms with E-state index >= 15 is 0 Å². The molecule has 2 aromatic heterocycles.